The van der Waals surface area contributed by atoms with Crippen molar-refractivity contribution in [1.82, 2.24) is 5.32 Å². The van der Waals surface area contributed by atoms with Gasteiger partial charge in [-0.15, -0.1) is 0 Å². The van der Waals surface area contributed by atoms with E-state index in [1.165, 1.54) is 0 Å². The van der Waals surface area contributed by atoms with Crippen molar-refractivity contribution in [3.05, 3.63) is 88.9 Å². The summed E-state index contributed by atoms with van der Waals surface area (Å²) in [6.45, 7) is 0.467. The van der Waals surface area contributed by atoms with E-state index >= 15 is 0 Å². The monoisotopic (exact) mass is 396 g/mol. The maximum atomic E-state index is 12.0. The number of urea groups is 1. The van der Waals surface area contributed by atoms with Crippen molar-refractivity contribution in [3.63, 3.8) is 0 Å². The molecular weight excluding hydrogens is 380 g/mol. The zero-order chi connectivity index (χ0) is 17.5. The Balaban J connectivity index is 1.50. The molecule has 0 heterocycles. The summed E-state index contributed by atoms with van der Waals surface area (Å²) in [5.74, 6) is 1.49. The van der Waals surface area contributed by atoms with Gasteiger partial charge in [0.15, 0.2) is 0 Å². The van der Waals surface area contributed by atoms with Gasteiger partial charge in [-0.3, -0.25) is 0 Å². The summed E-state index contributed by atoms with van der Waals surface area (Å²) in [7, 11) is 0. The summed E-state index contributed by atoms with van der Waals surface area (Å²) in [6.07, 6.45) is 0. The highest BCUT2D eigenvalue weighted by molar-refractivity contribution is 9.10. The van der Waals surface area contributed by atoms with Crippen molar-refractivity contribution in [2.45, 2.75) is 6.54 Å². The van der Waals surface area contributed by atoms with Crippen LogP contribution in [0, 0.1) is 0 Å². The Morgan fingerprint density at radius 1 is 0.840 bits per heavy atom. The van der Waals surface area contributed by atoms with Gasteiger partial charge in [0.05, 0.1) is 0 Å². The molecule has 3 aromatic rings. The molecule has 5 heteroatoms. The Labute approximate surface area is 155 Å². The van der Waals surface area contributed by atoms with Crippen LogP contribution in [-0.4, -0.2) is 6.03 Å². The van der Waals surface area contributed by atoms with E-state index in [1.54, 1.807) is 12.1 Å². The van der Waals surface area contributed by atoms with Crippen LogP contribution in [-0.2, 0) is 6.54 Å². The number of carbonyl (C=O) groups excluding carboxylic acids is 1. The van der Waals surface area contributed by atoms with E-state index in [-0.39, 0.29) is 6.03 Å². The third-order valence-electron chi connectivity index (χ3n) is 3.46. The normalized spacial score (nSPS) is 10.1. The second-order valence-corrected chi connectivity index (χ2v) is 6.29. The van der Waals surface area contributed by atoms with Gasteiger partial charge in [0, 0.05) is 16.7 Å². The Kier molecular flexibility index (Phi) is 5.69. The minimum atomic E-state index is -0.250. The number of amides is 2. The van der Waals surface area contributed by atoms with Crippen molar-refractivity contribution in [2.24, 2.45) is 0 Å². The molecule has 0 fully saturated rings. The molecule has 0 saturated heterocycles. The predicted octanol–water partition coefficient (Wildman–Crippen LogP) is 5.56. The van der Waals surface area contributed by atoms with Gasteiger partial charge in [0.1, 0.15) is 11.5 Å². The number of benzene rings is 3. The summed E-state index contributed by atoms with van der Waals surface area (Å²) >= 11 is 3.39. The maximum absolute atomic E-state index is 12.0. The highest BCUT2D eigenvalue weighted by Gasteiger charge is 2.03. The van der Waals surface area contributed by atoms with Crippen LogP contribution in [0.15, 0.2) is 83.3 Å². The third-order valence-corrected chi connectivity index (χ3v) is 3.99. The van der Waals surface area contributed by atoms with E-state index in [0.717, 1.165) is 15.8 Å². The number of carbonyl (C=O) groups is 1. The smallest absolute Gasteiger partial charge is 0.319 e. The number of ether oxygens (including phenoxy) is 1. The molecule has 25 heavy (non-hydrogen) atoms. The van der Waals surface area contributed by atoms with E-state index in [4.69, 9.17) is 4.74 Å². The van der Waals surface area contributed by atoms with E-state index < -0.39 is 0 Å². The molecular formula is C20H17BrN2O2. The molecule has 0 bridgehead atoms. The van der Waals surface area contributed by atoms with Crippen LogP contribution in [0.2, 0.25) is 0 Å². The molecule has 0 saturated carbocycles. The van der Waals surface area contributed by atoms with Gasteiger partial charge in [-0.2, -0.15) is 0 Å². The maximum Gasteiger partial charge on any atom is 0.319 e. The molecule has 0 spiro atoms. The van der Waals surface area contributed by atoms with Gasteiger partial charge >= 0.3 is 6.03 Å². The quantitative estimate of drug-likeness (QED) is 0.592. The minimum Gasteiger partial charge on any atom is -0.457 e. The highest BCUT2D eigenvalue weighted by atomic mass is 79.9. The summed E-state index contributed by atoms with van der Waals surface area (Å²) in [5.41, 5.74) is 1.73. The zero-order valence-corrected chi connectivity index (χ0v) is 15.0. The lowest BCUT2D eigenvalue weighted by atomic mass is 10.2. The first-order valence-electron chi connectivity index (χ1n) is 7.81. The number of rotatable bonds is 5. The predicted molar refractivity (Wildman–Crippen MR) is 103 cm³/mol. The van der Waals surface area contributed by atoms with Gasteiger partial charge in [0.25, 0.3) is 0 Å². The number of anilines is 1. The van der Waals surface area contributed by atoms with E-state index in [2.05, 4.69) is 26.6 Å². The number of hydrogen-bond acceptors (Lipinski definition) is 2. The molecule has 0 aromatic heterocycles. The van der Waals surface area contributed by atoms with Crippen LogP contribution in [0.4, 0.5) is 10.5 Å². The van der Waals surface area contributed by atoms with Crippen LogP contribution >= 0.6 is 15.9 Å². The molecule has 0 atom stereocenters. The Hall–Kier alpha value is -2.79. The molecule has 2 N–H and O–H groups in total. The van der Waals surface area contributed by atoms with E-state index in [1.807, 2.05) is 66.7 Å². The Morgan fingerprint density at radius 3 is 2.16 bits per heavy atom. The first-order chi connectivity index (χ1) is 12.2. The molecule has 126 valence electrons. The molecule has 4 nitrogen and oxygen atoms in total. The third kappa shape index (κ3) is 5.36. The van der Waals surface area contributed by atoms with E-state index in [0.29, 0.717) is 18.0 Å². The second-order valence-electron chi connectivity index (χ2n) is 5.37. The molecule has 2 amide bonds. The average Bonchev–Trinajstić information content (AvgIpc) is 2.64. The zero-order valence-electron chi connectivity index (χ0n) is 13.4. The van der Waals surface area contributed by atoms with Gasteiger partial charge < -0.3 is 15.4 Å². The summed E-state index contributed by atoms with van der Waals surface area (Å²) in [5, 5.41) is 5.62. The number of hydrogen-bond donors (Lipinski definition) is 2. The first-order valence-corrected chi connectivity index (χ1v) is 8.60. The fourth-order valence-electron chi connectivity index (χ4n) is 2.19. The molecule has 3 rings (SSSR count). The molecule has 0 unspecified atom stereocenters. The lowest BCUT2D eigenvalue weighted by Gasteiger charge is -2.09. The summed E-state index contributed by atoms with van der Waals surface area (Å²) < 4.78 is 6.73. The van der Waals surface area contributed by atoms with Crippen LogP contribution in [0.25, 0.3) is 0 Å². The largest absolute Gasteiger partial charge is 0.457 e. The van der Waals surface area contributed by atoms with Gasteiger partial charge in [-0.1, -0.05) is 46.3 Å². The SMILES string of the molecule is O=C(NCc1ccc(Br)cc1)Nc1ccc(Oc2ccccc2)cc1. The molecule has 0 aliphatic rings. The van der Waals surface area contributed by atoms with E-state index in [9.17, 15) is 4.79 Å². The average molecular weight is 397 g/mol. The highest BCUT2D eigenvalue weighted by Crippen LogP contribution is 2.22. The molecule has 0 aliphatic heterocycles. The van der Waals surface area contributed by atoms with Crippen molar-refractivity contribution < 1.29 is 9.53 Å². The Bertz CT molecular complexity index is 819. The van der Waals surface area contributed by atoms with Crippen LogP contribution < -0.4 is 15.4 Å². The number of nitrogens with one attached hydrogen (secondary N) is 2. The standard InChI is InChI=1S/C20H17BrN2O2/c21-16-8-6-15(7-9-16)14-22-20(24)23-17-10-12-19(13-11-17)25-18-4-2-1-3-5-18/h1-13H,14H2,(H2,22,23,24). The summed E-state index contributed by atoms with van der Waals surface area (Å²) in [6, 6.07) is 24.3. The minimum absolute atomic E-state index is 0.250. The number of para-hydroxylation sites is 1. The fraction of sp³-hybridized carbons (Fsp3) is 0.0500. The molecule has 0 aliphatic carbocycles. The first kappa shape index (κ1) is 17.0. The molecule has 0 radical (unpaired) electrons. The van der Waals surface area contributed by atoms with Crippen molar-refractivity contribution in [2.75, 3.05) is 5.32 Å². The van der Waals surface area contributed by atoms with Gasteiger partial charge in [0.2, 0.25) is 0 Å². The Morgan fingerprint density at radius 2 is 1.48 bits per heavy atom. The summed E-state index contributed by atoms with van der Waals surface area (Å²) in [4.78, 5) is 12.0. The van der Waals surface area contributed by atoms with Crippen LogP contribution in [0.1, 0.15) is 5.56 Å². The van der Waals surface area contributed by atoms with Crippen LogP contribution in [0.5, 0.6) is 11.5 Å². The molecule has 3 aromatic carbocycles. The number of halogens is 1. The second kappa shape index (κ2) is 8.35. The van der Waals surface area contributed by atoms with Crippen molar-refractivity contribution in [1.29, 1.82) is 0 Å². The lowest BCUT2D eigenvalue weighted by molar-refractivity contribution is 0.251. The van der Waals surface area contributed by atoms with Gasteiger partial charge in [-0.05, 0) is 54.1 Å². The van der Waals surface area contributed by atoms with Crippen molar-refractivity contribution >= 4 is 27.6 Å². The van der Waals surface area contributed by atoms with Crippen molar-refractivity contribution in [3.8, 4) is 11.5 Å². The van der Waals surface area contributed by atoms with Crippen LogP contribution in [0.3, 0.4) is 0 Å². The van der Waals surface area contributed by atoms with Gasteiger partial charge in [-0.25, -0.2) is 4.79 Å². The topological polar surface area (TPSA) is 50.4 Å². The fourth-order valence-corrected chi connectivity index (χ4v) is 2.46. The lowest BCUT2D eigenvalue weighted by Crippen LogP contribution is -2.28.